The molecule has 174 valence electrons. The van der Waals surface area contributed by atoms with Crippen molar-refractivity contribution >= 4 is 27.3 Å². The van der Waals surface area contributed by atoms with E-state index in [1.165, 1.54) is 25.6 Å². The molecule has 2 N–H and O–H groups in total. The number of sulfonamides is 1. The minimum absolute atomic E-state index is 0.0148. The van der Waals surface area contributed by atoms with Gasteiger partial charge < -0.3 is 10.1 Å². The van der Waals surface area contributed by atoms with Crippen molar-refractivity contribution in [2.45, 2.75) is 18.4 Å². The highest BCUT2D eigenvalue weighted by atomic mass is 32.2. The van der Waals surface area contributed by atoms with E-state index < -0.39 is 15.9 Å². The third-order valence-electron chi connectivity index (χ3n) is 5.10. The number of hydrogen-bond donors (Lipinski definition) is 2. The molecule has 0 fully saturated rings. The van der Waals surface area contributed by atoms with E-state index in [1.54, 1.807) is 54.3 Å². The Balaban J connectivity index is 1.52. The number of ether oxygens (including phenoxy) is 1. The van der Waals surface area contributed by atoms with E-state index in [0.29, 0.717) is 29.2 Å². The number of amides is 1. The molecule has 0 bridgehead atoms. The summed E-state index contributed by atoms with van der Waals surface area (Å²) in [5.74, 6) is 0.208. The van der Waals surface area contributed by atoms with Crippen molar-refractivity contribution in [2.24, 2.45) is 0 Å². The molecule has 34 heavy (non-hydrogen) atoms. The molecule has 0 aliphatic carbocycles. The maximum Gasteiger partial charge on any atom is 0.261 e. The number of methoxy groups -OCH3 is 1. The minimum Gasteiger partial charge on any atom is -0.497 e. The van der Waals surface area contributed by atoms with Crippen molar-refractivity contribution in [1.82, 2.24) is 14.8 Å². The Morgan fingerprint density at radius 1 is 1.03 bits per heavy atom. The molecule has 0 saturated heterocycles. The highest BCUT2D eigenvalue weighted by Crippen LogP contribution is 2.22. The van der Waals surface area contributed by atoms with Gasteiger partial charge in [0.2, 0.25) is 0 Å². The maximum absolute atomic E-state index is 13.0. The second kappa shape index (κ2) is 9.75. The van der Waals surface area contributed by atoms with Crippen LogP contribution in [0.2, 0.25) is 0 Å². The molecule has 0 spiro atoms. The molecule has 10 heteroatoms. The summed E-state index contributed by atoms with van der Waals surface area (Å²) in [5, 5.41) is 6.93. The van der Waals surface area contributed by atoms with Gasteiger partial charge in [0.15, 0.2) is 0 Å². The molecular weight excluding hydrogens is 454 g/mol. The van der Waals surface area contributed by atoms with Crippen molar-refractivity contribution in [3.05, 3.63) is 96.1 Å². The number of aryl methyl sites for hydroxylation is 1. The van der Waals surface area contributed by atoms with E-state index in [9.17, 15) is 13.2 Å². The highest BCUT2D eigenvalue weighted by molar-refractivity contribution is 7.92. The third-order valence-corrected chi connectivity index (χ3v) is 6.48. The van der Waals surface area contributed by atoms with Crippen LogP contribution < -0.4 is 14.8 Å². The van der Waals surface area contributed by atoms with Crippen LogP contribution in [-0.4, -0.2) is 36.2 Å². The number of carbonyl (C=O) groups excluding carboxylic acids is 1. The van der Waals surface area contributed by atoms with Gasteiger partial charge in [-0.1, -0.05) is 18.2 Å². The minimum atomic E-state index is -3.90. The number of rotatable bonds is 8. The van der Waals surface area contributed by atoms with Crippen LogP contribution in [-0.2, 0) is 16.6 Å². The predicted molar refractivity (Wildman–Crippen MR) is 129 cm³/mol. The summed E-state index contributed by atoms with van der Waals surface area (Å²) in [4.78, 5) is 16.9. The summed E-state index contributed by atoms with van der Waals surface area (Å²) in [6.07, 6.45) is 3.07. The number of benzene rings is 3. The molecule has 4 aromatic rings. The predicted octanol–water partition coefficient (Wildman–Crippen LogP) is 3.70. The fourth-order valence-electron chi connectivity index (χ4n) is 3.33. The standard InChI is InChI=1S/C24H23N5O4S/c1-17-6-11-22(34(31,32)28-19-7-9-21(33-2)10-8-19)13-23(17)24(30)27-20-5-3-4-18(12-20)14-29-16-25-15-26-29/h3-13,15-16,28H,14H2,1-2H3,(H,27,30). The summed E-state index contributed by atoms with van der Waals surface area (Å²) >= 11 is 0. The second-order valence-corrected chi connectivity index (χ2v) is 9.24. The molecule has 0 aliphatic rings. The third kappa shape index (κ3) is 5.41. The lowest BCUT2D eigenvalue weighted by Crippen LogP contribution is -2.17. The van der Waals surface area contributed by atoms with Crippen LogP contribution in [0, 0.1) is 6.92 Å². The fourth-order valence-corrected chi connectivity index (χ4v) is 4.42. The molecule has 1 aromatic heterocycles. The van der Waals surface area contributed by atoms with E-state index in [1.807, 2.05) is 18.2 Å². The quantitative estimate of drug-likeness (QED) is 0.400. The Bertz CT molecular complexity index is 1400. The van der Waals surface area contributed by atoms with Crippen LogP contribution in [0.4, 0.5) is 11.4 Å². The van der Waals surface area contributed by atoms with E-state index in [0.717, 1.165) is 5.56 Å². The van der Waals surface area contributed by atoms with Gasteiger partial charge in [0.1, 0.15) is 18.4 Å². The van der Waals surface area contributed by atoms with Gasteiger partial charge in [-0.2, -0.15) is 5.10 Å². The first kappa shape index (κ1) is 23.0. The average molecular weight is 478 g/mol. The van der Waals surface area contributed by atoms with Crippen LogP contribution in [0.25, 0.3) is 0 Å². The average Bonchev–Trinajstić information content (AvgIpc) is 3.32. The zero-order valence-corrected chi connectivity index (χ0v) is 19.4. The summed E-state index contributed by atoms with van der Waals surface area (Å²) in [7, 11) is -2.37. The lowest BCUT2D eigenvalue weighted by atomic mass is 10.1. The van der Waals surface area contributed by atoms with Gasteiger partial charge >= 0.3 is 0 Å². The first-order valence-corrected chi connectivity index (χ1v) is 11.8. The van der Waals surface area contributed by atoms with Gasteiger partial charge in [0.25, 0.3) is 15.9 Å². The molecule has 0 unspecified atom stereocenters. The molecule has 0 saturated carbocycles. The van der Waals surface area contributed by atoms with Crippen molar-refractivity contribution in [2.75, 3.05) is 17.1 Å². The van der Waals surface area contributed by atoms with Crippen molar-refractivity contribution < 1.29 is 17.9 Å². The van der Waals surface area contributed by atoms with Gasteiger partial charge in [-0.05, 0) is 66.6 Å². The fraction of sp³-hybridized carbons (Fsp3) is 0.125. The van der Waals surface area contributed by atoms with Crippen molar-refractivity contribution in [1.29, 1.82) is 0 Å². The normalized spacial score (nSPS) is 11.1. The van der Waals surface area contributed by atoms with E-state index in [4.69, 9.17) is 4.74 Å². The molecular formula is C24H23N5O4S. The summed E-state index contributed by atoms with van der Waals surface area (Å²) in [6, 6.07) is 18.3. The Morgan fingerprint density at radius 3 is 2.53 bits per heavy atom. The number of hydrogen-bond acceptors (Lipinski definition) is 6. The SMILES string of the molecule is COc1ccc(NS(=O)(=O)c2ccc(C)c(C(=O)Nc3cccc(Cn4cncn4)c3)c2)cc1. The van der Waals surface area contributed by atoms with Gasteiger partial charge in [-0.15, -0.1) is 0 Å². The lowest BCUT2D eigenvalue weighted by molar-refractivity contribution is 0.102. The smallest absolute Gasteiger partial charge is 0.261 e. The largest absolute Gasteiger partial charge is 0.497 e. The number of anilines is 2. The summed E-state index contributed by atoms with van der Waals surface area (Å²) in [6.45, 7) is 2.26. The zero-order valence-electron chi connectivity index (χ0n) is 18.6. The van der Waals surface area contributed by atoms with Crippen LogP contribution in [0.3, 0.4) is 0 Å². The summed E-state index contributed by atoms with van der Waals surface area (Å²) < 4.78 is 35.1. The Kier molecular flexibility index (Phi) is 6.60. The maximum atomic E-state index is 13.0. The number of nitrogens with one attached hydrogen (secondary N) is 2. The Morgan fingerprint density at radius 2 is 1.82 bits per heavy atom. The molecule has 0 atom stereocenters. The zero-order chi connectivity index (χ0) is 24.1. The monoisotopic (exact) mass is 477 g/mol. The molecule has 3 aromatic carbocycles. The molecule has 0 aliphatic heterocycles. The summed E-state index contributed by atoms with van der Waals surface area (Å²) in [5.41, 5.74) is 2.82. The van der Waals surface area contributed by atoms with Gasteiger partial charge in [-0.3, -0.25) is 9.52 Å². The van der Waals surface area contributed by atoms with E-state index in [-0.39, 0.29) is 10.5 Å². The topological polar surface area (TPSA) is 115 Å². The number of nitrogens with zero attached hydrogens (tertiary/aromatic N) is 3. The van der Waals surface area contributed by atoms with Gasteiger partial charge in [0, 0.05) is 16.9 Å². The van der Waals surface area contributed by atoms with Crippen LogP contribution in [0.5, 0.6) is 5.75 Å². The van der Waals surface area contributed by atoms with E-state index >= 15 is 0 Å². The van der Waals surface area contributed by atoms with Gasteiger partial charge in [0.05, 0.1) is 18.6 Å². The van der Waals surface area contributed by atoms with Crippen molar-refractivity contribution in [3.63, 3.8) is 0 Å². The first-order chi connectivity index (χ1) is 16.3. The molecule has 9 nitrogen and oxygen atoms in total. The number of carbonyl (C=O) groups is 1. The molecule has 4 rings (SSSR count). The Labute approximate surface area is 197 Å². The molecule has 0 radical (unpaired) electrons. The van der Waals surface area contributed by atoms with Crippen molar-refractivity contribution in [3.8, 4) is 5.75 Å². The van der Waals surface area contributed by atoms with Crippen LogP contribution in [0.15, 0.2) is 84.3 Å². The molecule has 1 amide bonds. The van der Waals surface area contributed by atoms with Crippen LogP contribution >= 0.6 is 0 Å². The Hall–Kier alpha value is -4.18. The lowest BCUT2D eigenvalue weighted by Gasteiger charge is -2.13. The van der Waals surface area contributed by atoms with Gasteiger partial charge in [-0.25, -0.2) is 18.1 Å². The first-order valence-electron chi connectivity index (χ1n) is 10.3. The number of aromatic nitrogens is 3. The van der Waals surface area contributed by atoms with Crippen LogP contribution in [0.1, 0.15) is 21.5 Å². The highest BCUT2D eigenvalue weighted by Gasteiger charge is 2.19. The van der Waals surface area contributed by atoms with E-state index in [2.05, 4.69) is 20.1 Å². The molecule has 1 heterocycles. The second-order valence-electron chi connectivity index (χ2n) is 7.56.